The number of hydrogen-bond donors (Lipinski definition) is 2. The molecule has 1 atom stereocenters. The maximum Gasteiger partial charge on any atom is 0.337 e. The number of hydrogen-bond acceptors (Lipinski definition) is 7. The maximum atomic E-state index is 10.9. The van der Waals surface area contributed by atoms with Gasteiger partial charge >= 0.3 is 5.97 Å². The second kappa shape index (κ2) is 29.5. The Bertz CT molecular complexity index is 505. The molecule has 0 radical (unpaired) electrons. The summed E-state index contributed by atoms with van der Waals surface area (Å²) in [5, 5.41) is 17.3. The molecule has 0 aromatic heterocycles. The Morgan fingerprint density at radius 1 is 0.941 bits per heavy atom. The zero-order valence-corrected chi connectivity index (χ0v) is 22.8. The minimum atomic E-state index is -1.38. The Kier molecular flexibility index (Phi) is 32.1. The molecule has 202 valence electrons. The van der Waals surface area contributed by atoms with Gasteiger partial charge in [0.2, 0.25) is 0 Å². The van der Waals surface area contributed by atoms with Crippen molar-refractivity contribution in [3.05, 3.63) is 23.3 Å². The Morgan fingerprint density at radius 2 is 1.50 bits per heavy atom. The van der Waals surface area contributed by atoms with Crippen molar-refractivity contribution in [1.29, 1.82) is 0 Å². The first kappa shape index (κ1) is 37.0. The maximum absolute atomic E-state index is 10.9. The topological polar surface area (TPSA) is 102 Å². The summed E-state index contributed by atoms with van der Waals surface area (Å²) in [6.07, 6.45) is 12.0. The van der Waals surface area contributed by atoms with E-state index in [0.717, 1.165) is 57.2 Å². The summed E-state index contributed by atoms with van der Waals surface area (Å²) in [4.78, 5) is 20.9. The molecule has 1 unspecified atom stereocenters. The predicted molar refractivity (Wildman–Crippen MR) is 139 cm³/mol. The van der Waals surface area contributed by atoms with Gasteiger partial charge in [-0.05, 0) is 66.9 Å². The van der Waals surface area contributed by atoms with E-state index >= 15 is 0 Å². The lowest BCUT2D eigenvalue weighted by Gasteiger charge is -2.09. The standard InChI is InChI=1S/C11H22O4.C10H16O.C6H14O2/c1-2-3-4-5-6-7-8-15-11(14)10(13)9-12;1-9(2)5-4-6-10(3)7-8-11;1-4-7-6(3)8-5-2/h10,12-13H,2-9H2,1H3;5,7-8H,4,6H2,1-3H3;6H,4-5H2,1-3H3. The number of aliphatic hydroxyl groups excluding tert-OH is 2. The molecular formula is C27H52O7. The second-order valence-corrected chi connectivity index (χ2v) is 8.08. The van der Waals surface area contributed by atoms with E-state index in [0.29, 0.717) is 6.61 Å². The van der Waals surface area contributed by atoms with Gasteiger partial charge in [-0.3, -0.25) is 4.79 Å². The minimum absolute atomic E-state index is 0.0370. The van der Waals surface area contributed by atoms with Crippen LogP contribution in [0.2, 0.25) is 0 Å². The van der Waals surface area contributed by atoms with E-state index < -0.39 is 18.7 Å². The summed E-state index contributed by atoms with van der Waals surface area (Å²) in [6.45, 7) is 15.3. The fraction of sp³-hybridized carbons (Fsp3) is 0.778. The van der Waals surface area contributed by atoms with Gasteiger partial charge in [0.1, 0.15) is 6.29 Å². The Balaban J connectivity index is -0.000000447. The van der Waals surface area contributed by atoms with E-state index in [2.05, 4.69) is 26.8 Å². The number of aliphatic hydroxyl groups is 2. The summed E-state index contributed by atoms with van der Waals surface area (Å²) in [7, 11) is 0. The highest BCUT2D eigenvalue weighted by molar-refractivity contribution is 5.74. The average molecular weight is 489 g/mol. The number of allylic oxidation sites excluding steroid dienone is 4. The van der Waals surface area contributed by atoms with Crippen molar-refractivity contribution in [2.45, 2.75) is 112 Å². The molecule has 7 nitrogen and oxygen atoms in total. The van der Waals surface area contributed by atoms with Crippen molar-refractivity contribution in [2.75, 3.05) is 26.4 Å². The molecule has 0 heterocycles. The van der Waals surface area contributed by atoms with Crippen molar-refractivity contribution in [1.82, 2.24) is 0 Å². The van der Waals surface area contributed by atoms with Gasteiger partial charge in [0, 0.05) is 13.2 Å². The average Bonchev–Trinajstić information content (AvgIpc) is 2.79. The molecule has 0 bridgehead atoms. The first-order valence-corrected chi connectivity index (χ1v) is 12.6. The molecular weight excluding hydrogens is 436 g/mol. The van der Waals surface area contributed by atoms with E-state index in [1.165, 1.54) is 24.8 Å². The van der Waals surface area contributed by atoms with Crippen LogP contribution >= 0.6 is 0 Å². The smallest absolute Gasteiger partial charge is 0.337 e. The fourth-order valence-corrected chi connectivity index (χ4v) is 2.53. The molecule has 0 fully saturated rings. The minimum Gasteiger partial charge on any atom is -0.464 e. The van der Waals surface area contributed by atoms with Crippen molar-refractivity contribution >= 4 is 12.3 Å². The number of unbranched alkanes of at least 4 members (excludes halogenated alkanes) is 5. The number of aldehydes is 1. The monoisotopic (exact) mass is 488 g/mol. The van der Waals surface area contributed by atoms with E-state index in [9.17, 15) is 9.59 Å². The first-order chi connectivity index (χ1) is 16.2. The molecule has 0 saturated carbocycles. The van der Waals surface area contributed by atoms with Crippen LogP contribution in [0.1, 0.15) is 99.8 Å². The van der Waals surface area contributed by atoms with Crippen LogP contribution in [0.3, 0.4) is 0 Å². The first-order valence-electron chi connectivity index (χ1n) is 12.6. The summed E-state index contributed by atoms with van der Waals surface area (Å²) in [5.41, 5.74) is 2.49. The Hall–Kier alpha value is -1.54. The number of rotatable bonds is 17. The van der Waals surface area contributed by atoms with Gasteiger partial charge < -0.3 is 24.4 Å². The van der Waals surface area contributed by atoms with E-state index in [4.69, 9.17) is 24.4 Å². The third-order valence-corrected chi connectivity index (χ3v) is 4.43. The van der Waals surface area contributed by atoms with Crippen molar-refractivity contribution in [3.63, 3.8) is 0 Å². The molecule has 34 heavy (non-hydrogen) atoms. The molecule has 0 aromatic rings. The molecule has 0 aliphatic rings. The summed E-state index contributed by atoms with van der Waals surface area (Å²) >= 11 is 0. The van der Waals surface area contributed by atoms with Gasteiger partial charge in [0.25, 0.3) is 0 Å². The van der Waals surface area contributed by atoms with Crippen LogP contribution in [0.4, 0.5) is 0 Å². The van der Waals surface area contributed by atoms with Crippen LogP contribution < -0.4 is 0 Å². The predicted octanol–water partition coefficient (Wildman–Crippen LogP) is 5.53. The summed E-state index contributed by atoms with van der Waals surface area (Å²) in [6, 6.07) is 0. The molecule has 0 amide bonds. The third kappa shape index (κ3) is 32.6. The SMILES string of the molecule is CC(C)=CCCC(C)=CC=O.CCCCCCCCOC(=O)C(O)CO.CCOC(C)OCC. The van der Waals surface area contributed by atoms with Crippen molar-refractivity contribution < 1.29 is 34.0 Å². The van der Waals surface area contributed by atoms with Gasteiger partial charge in [-0.15, -0.1) is 0 Å². The van der Waals surface area contributed by atoms with Crippen molar-refractivity contribution in [3.8, 4) is 0 Å². The summed E-state index contributed by atoms with van der Waals surface area (Å²) in [5.74, 6) is -0.731. The third-order valence-electron chi connectivity index (χ3n) is 4.43. The molecule has 0 aliphatic carbocycles. The van der Waals surface area contributed by atoms with Gasteiger partial charge in [0.05, 0.1) is 13.2 Å². The lowest BCUT2D eigenvalue weighted by Crippen LogP contribution is -2.26. The molecule has 0 aliphatic heterocycles. The Labute approximate surface area is 208 Å². The van der Waals surface area contributed by atoms with Crippen molar-refractivity contribution in [2.24, 2.45) is 0 Å². The molecule has 2 N–H and O–H groups in total. The molecule has 0 spiro atoms. The number of carbonyl (C=O) groups excluding carboxylic acids is 2. The van der Waals surface area contributed by atoms with Gasteiger partial charge in [-0.2, -0.15) is 0 Å². The van der Waals surface area contributed by atoms with Gasteiger partial charge in [-0.1, -0.05) is 56.3 Å². The highest BCUT2D eigenvalue weighted by Gasteiger charge is 2.14. The molecule has 0 aromatic carbocycles. The van der Waals surface area contributed by atoms with Gasteiger partial charge in [0.15, 0.2) is 12.4 Å². The normalized spacial score (nSPS) is 11.5. The second-order valence-electron chi connectivity index (χ2n) is 8.08. The molecule has 0 rings (SSSR count). The zero-order valence-electron chi connectivity index (χ0n) is 22.8. The highest BCUT2D eigenvalue weighted by atomic mass is 16.7. The highest BCUT2D eigenvalue weighted by Crippen LogP contribution is 2.06. The van der Waals surface area contributed by atoms with E-state index in [-0.39, 0.29) is 6.29 Å². The van der Waals surface area contributed by atoms with Crippen LogP contribution in [0.25, 0.3) is 0 Å². The molecule has 0 saturated heterocycles. The van der Waals surface area contributed by atoms with E-state index in [1.807, 2.05) is 27.7 Å². The lowest BCUT2D eigenvalue weighted by molar-refractivity contribution is -0.155. The lowest BCUT2D eigenvalue weighted by atomic mass is 10.1. The van der Waals surface area contributed by atoms with Crippen LogP contribution in [0.5, 0.6) is 0 Å². The summed E-state index contributed by atoms with van der Waals surface area (Å²) < 4.78 is 14.9. The number of esters is 1. The fourth-order valence-electron chi connectivity index (χ4n) is 2.53. The van der Waals surface area contributed by atoms with Crippen LogP contribution in [0.15, 0.2) is 23.3 Å². The number of ether oxygens (including phenoxy) is 3. The Morgan fingerprint density at radius 3 is 1.97 bits per heavy atom. The number of carbonyl (C=O) groups is 2. The van der Waals surface area contributed by atoms with Gasteiger partial charge in [-0.25, -0.2) is 4.79 Å². The quantitative estimate of drug-likeness (QED) is 0.0693. The van der Waals surface area contributed by atoms with Crippen LogP contribution in [-0.4, -0.2) is 61.3 Å². The zero-order chi connectivity index (χ0) is 26.6. The van der Waals surface area contributed by atoms with Crippen LogP contribution in [0, 0.1) is 0 Å². The largest absolute Gasteiger partial charge is 0.464 e. The van der Waals surface area contributed by atoms with Crippen LogP contribution in [-0.2, 0) is 23.8 Å². The van der Waals surface area contributed by atoms with E-state index in [1.54, 1.807) is 6.08 Å². The molecule has 7 heteroatoms.